The maximum atomic E-state index is 13.2. The molecule has 2 aromatic heterocycles. The van der Waals surface area contributed by atoms with Crippen molar-refractivity contribution in [2.24, 2.45) is 0 Å². The fourth-order valence-corrected chi connectivity index (χ4v) is 3.86. The van der Waals surface area contributed by atoms with Crippen LogP contribution in [0.4, 0.5) is 0 Å². The fourth-order valence-electron chi connectivity index (χ4n) is 2.91. The zero-order chi connectivity index (χ0) is 19.0. The Morgan fingerprint density at radius 2 is 2.04 bits per heavy atom. The number of thiophene rings is 1. The Balaban J connectivity index is 2.34. The van der Waals surface area contributed by atoms with Crippen LogP contribution in [0.2, 0.25) is 0 Å². The number of hydrogen-bond acceptors (Lipinski definition) is 5. The first kappa shape index (κ1) is 18.1. The highest BCUT2D eigenvalue weighted by Crippen LogP contribution is 2.33. The third kappa shape index (κ3) is 2.99. The van der Waals surface area contributed by atoms with E-state index in [9.17, 15) is 14.7 Å². The molecule has 1 N–H and O–H groups in total. The van der Waals surface area contributed by atoms with Crippen molar-refractivity contribution in [3.63, 3.8) is 0 Å². The largest absolute Gasteiger partial charge is 0.497 e. The number of fused-ring (bicyclic) bond motifs is 1. The molecule has 0 radical (unpaired) electrons. The molecule has 0 spiro atoms. The van der Waals surface area contributed by atoms with Crippen LogP contribution >= 0.6 is 11.3 Å². The van der Waals surface area contributed by atoms with Crippen molar-refractivity contribution in [2.75, 3.05) is 7.11 Å². The van der Waals surface area contributed by atoms with Crippen LogP contribution in [0.3, 0.4) is 0 Å². The van der Waals surface area contributed by atoms with E-state index in [1.807, 2.05) is 43.5 Å². The van der Waals surface area contributed by atoms with E-state index in [4.69, 9.17) is 4.74 Å². The lowest BCUT2D eigenvalue weighted by atomic mass is 10.1. The van der Waals surface area contributed by atoms with Crippen LogP contribution in [0, 0.1) is 0 Å². The molecule has 0 aliphatic rings. The Bertz CT molecular complexity index is 1040. The van der Waals surface area contributed by atoms with Gasteiger partial charge in [0.2, 0.25) is 0 Å². The first-order valence-corrected chi connectivity index (χ1v) is 9.14. The molecule has 1 unspecified atom stereocenters. The lowest BCUT2D eigenvalue weighted by Gasteiger charge is -2.18. The second-order valence-electron chi connectivity index (χ2n) is 6.38. The van der Waals surface area contributed by atoms with Gasteiger partial charge in [-0.25, -0.2) is 9.78 Å². The fraction of sp³-hybridized carbons (Fsp3) is 0.316. The minimum Gasteiger partial charge on any atom is -0.497 e. The normalized spacial score (nSPS) is 12.5. The Morgan fingerprint density at radius 1 is 1.31 bits per heavy atom. The molecule has 1 atom stereocenters. The van der Waals surface area contributed by atoms with Gasteiger partial charge in [-0.2, -0.15) is 0 Å². The summed E-state index contributed by atoms with van der Waals surface area (Å²) in [5.41, 5.74) is 1.25. The van der Waals surface area contributed by atoms with Gasteiger partial charge in [0.05, 0.1) is 12.5 Å². The zero-order valence-corrected chi connectivity index (χ0v) is 15.8. The van der Waals surface area contributed by atoms with Gasteiger partial charge in [0, 0.05) is 16.9 Å². The summed E-state index contributed by atoms with van der Waals surface area (Å²) in [4.78, 5) is 30.0. The molecule has 26 heavy (non-hydrogen) atoms. The van der Waals surface area contributed by atoms with E-state index in [2.05, 4.69) is 4.98 Å². The Hall–Kier alpha value is -2.67. The lowest BCUT2D eigenvalue weighted by Crippen LogP contribution is -2.32. The molecule has 0 saturated carbocycles. The van der Waals surface area contributed by atoms with Crippen LogP contribution in [-0.2, 0) is 4.79 Å². The molecule has 0 aliphatic carbocycles. The minimum absolute atomic E-state index is 0.0729. The van der Waals surface area contributed by atoms with Crippen molar-refractivity contribution in [3.8, 4) is 16.9 Å². The summed E-state index contributed by atoms with van der Waals surface area (Å²) in [5.74, 6) is 0.0360. The molecule has 136 valence electrons. The summed E-state index contributed by atoms with van der Waals surface area (Å²) in [6, 6.07) is 6.44. The van der Waals surface area contributed by atoms with E-state index >= 15 is 0 Å². The lowest BCUT2D eigenvalue weighted by molar-refractivity contribution is -0.140. The van der Waals surface area contributed by atoms with Gasteiger partial charge >= 0.3 is 5.97 Å². The van der Waals surface area contributed by atoms with Crippen molar-refractivity contribution >= 4 is 27.5 Å². The number of methoxy groups -OCH3 is 1. The number of ether oxygens (including phenoxy) is 1. The molecule has 0 saturated heterocycles. The summed E-state index contributed by atoms with van der Waals surface area (Å²) < 4.78 is 6.56. The molecule has 0 fully saturated rings. The maximum Gasteiger partial charge on any atom is 0.326 e. The average molecular weight is 372 g/mol. The minimum atomic E-state index is -1.06. The molecule has 2 heterocycles. The van der Waals surface area contributed by atoms with Gasteiger partial charge < -0.3 is 9.84 Å². The number of carboxylic acid groups (broad SMARTS) is 1. The molecule has 6 nitrogen and oxygen atoms in total. The number of carbonyl (C=O) groups is 1. The second-order valence-corrected chi connectivity index (χ2v) is 7.23. The van der Waals surface area contributed by atoms with Gasteiger partial charge in [-0.05, 0) is 24.6 Å². The molecule has 3 aromatic rings. The number of benzene rings is 1. The van der Waals surface area contributed by atoms with Crippen LogP contribution in [0.5, 0.6) is 5.75 Å². The van der Waals surface area contributed by atoms with Gasteiger partial charge in [0.25, 0.3) is 5.56 Å². The van der Waals surface area contributed by atoms with E-state index in [1.54, 1.807) is 7.11 Å². The molecular formula is C19H20N2O4S. The first-order chi connectivity index (χ1) is 12.3. The summed E-state index contributed by atoms with van der Waals surface area (Å²) in [6.45, 7) is 5.30. The summed E-state index contributed by atoms with van der Waals surface area (Å²) in [6.07, 6.45) is 0. The van der Waals surface area contributed by atoms with Crippen molar-refractivity contribution in [2.45, 2.75) is 32.7 Å². The van der Waals surface area contributed by atoms with E-state index in [0.717, 1.165) is 11.1 Å². The highest BCUT2D eigenvalue weighted by Gasteiger charge is 2.24. The SMILES string of the molecule is COc1cccc(-c2csc3nc(C(C)C)n(C(C)C(=O)O)c(=O)c23)c1. The van der Waals surface area contributed by atoms with Crippen LogP contribution in [0.15, 0.2) is 34.4 Å². The van der Waals surface area contributed by atoms with E-state index < -0.39 is 12.0 Å². The molecular weight excluding hydrogens is 352 g/mol. The third-order valence-corrected chi connectivity index (χ3v) is 5.18. The van der Waals surface area contributed by atoms with E-state index in [0.29, 0.717) is 21.8 Å². The average Bonchev–Trinajstić information content (AvgIpc) is 3.05. The van der Waals surface area contributed by atoms with Crippen molar-refractivity contribution < 1.29 is 14.6 Å². The van der Waals surface area contributed by atoms with Crippen LogP contribution < -0.4 is 10.3 Å². The molecule has 7 heteroatoms. The number of hydrogen-bond donors (Lipinski definition) is 1. The molecule has 3 rings (SSSR count). The van der Waals surface area contributed by atoms with E-state index in [-0.39, 0.29) is 11.5 Å². The number of rotatable bonds is 5. The molecule has 0 amide bonds. The molecule has 0 bridgehead atoms. The van der Waals surface area contributed by atoms with Crippen LogP contribution in [-0.4, -0.2) is 27.7 Å². The third-order valence-electron chi connectivity index (χ3n) is 4.31. The van der Waals surface area contributed by atoms with Crippen molar-refractivity contribution in [3.05, 3.63) is 45.8 Å². The highest BCUT2D eigenvalue weighted by atomic mass is 32.1. The predicted octanol–water partition coefficient (Wildman–Crippen LogP) is 3.90. The number of aromatic nitrogens is 2. The first-order valence-electron chi connectivity index (χ1n) is 8.26. The maximum absolute atomic E-state index is 13.2. The summed E-state index contributed by atoms with van der Waals surface area (Å²) >= 11 is 1.38. The van der Waals surface area contributed by atoms with Gasteiger partial charge in [0.1, 0.15) is 22.4 Å². The Labute approximate surface area is 154 Å². The Morgan fingerprint density at radius 3 is 2.65 bits per heavy atom. The second kappa shape index (κ2) is 6.92. The van der Waals surface area contributed by atoms with Crippen molar-refractivity contribution in [1.82, 2.24) is 9.55 Å². The van der Waals surface area contributed by atoms with Crippen LogP contribution in [0.1, 0.15) is 38.6 Å². The topological polar surface area (TPSA) is 81.4 Å². The van der Waals surface area contributed by atoms with Gasteiger partial charge in [-0.3, -0.25) is 9.36 Å². The zero-order valence-electron chi connectivity index (χ0n) is 15.0. The van der Waals surface area contributed by atoms with Crippen molar-refractivity contribution in [1.29, 1.82) is 0 Å². The molecule has 1 aromatic carbocycles. The number of aliphatic carboxylic acids is 1. The monoisotopic (exact) mass is 372 g/mol. The highest BCUT2D eigenvalue weighted by molar-refractivity contribution is 7.17. The predicted molar refractivity (Wildman–Crippen MR) is 102 cm³/mol. The smallest absolute Gasteiger partial charge is 0.326 e. The summed E-state index contributed by atoms with van der Waals surface area (Å²) in [5, 5.41) is 11.8. The number of carboxylic acids is 1. The van der Waals surface area contributed by atoms with Crippen LogP contribution in [0.25, 0.3) is 21.3 Å². The quantitative estimate of drug-likeness (QED) is 0.734. The van der Waals surface area contributed by atoms with Gasteiger partial charge in [-0.1, -0.05) is 26.0 Å². The number of nitrogens with zero attached hydrogens (tertiary/aromatic N) is 2. The standard InChI is InChI=1S/C19H20N2O4S/c1-10(2)16-20-17-15(18(22)21(16)11(3)19(23)24)14(9-26-17)12-6-5-7-13(8-12)25-4/h5-11H,1-4H3,(H,23,24). The van der Waals surface area contributed by atoms with E-state index in [1.165, 1.54) is 22.8 Å². The Kier molecular flexibility index (Phi) is 4.82. The van der Waals surface area contributed by atoms with Gasteiger partial charge in [-0.15, -0.1) is 11.3 Å². The molecule has 0 aliphatic heterocycles. The van der Waals surface area contributed by atoms with Gasteiger partial charge in [0.15, 0.2) is 0 Å². The summed E-state index contributed by atoms with van der Waals surface area (Å²) in [7, 11) is 1.59.